The third kappa shape index (κ3) is 4.14. The first-order valence-electron chi connectivity index (χ1n) is 6.49. The number of amides is 1. The fourth-order valence-corrected chi connectivity index (χ4v) is 1.81. The van der Waals surface area contributed by atoms with E-state index in [1.54, 1.807) is 6.20 Å². The molecule has 0 aliphatic rings. The van der Waals surface area contributed by atoms with Crippen molar-refractivity contribution in [3.8, 4) is 0 Å². The summed E-state index contributed by atoms with van der Waals surface area (Å²) in [5.41, 5.74) is 6.38. The fourth-order valence-electron chi connectivity index (χ4n) is 1.81. The highest BCUT2D eigenvalue weighted by atomic mass is 16.1. The quantitative estimate of drug-likeness (QED) is 0.813. The summed E-state index contributed by atoms with van der Waals surface area (Å²) >= 11 is 0. The molecule has 0 bridgehead atoms. The van der Waals surface area contributed by atoms with Crippen molar-refractivity contribution in [1.29, 1.82) is 0 Å². The van der Waals surface area contributed by atoms with E-state index < -0.39 is 0 Å². The van der Waals surface area contributed by atoms with Gasteiger partial charge in [0.15, 0.2) is 0 Å². The van der Waals surface area contributed by atoms with Crippen LogP contribution >= 0.6 is 0 Å². The van der Waals surface area contributed by atoms with Crippen LogP contribution < -0.4 is 11.1 Å². The van der Waals surface area contributed by atoms with Gasteiger partial charge in [-0.25, -0.2) is 0 Å². The molecule has 1 heterocycles. The first-order chi connectivity index (χ1) is 8.43. The predicted molar refractivity (Wildman–Crippen MR) is 73.2 cm³/mol. The minimum absolute atomic E-state index is 0.0190. The molecule has 5 nitrogen and oxygen atoms in total. The second kappa shape index (κ2) is 6.54. The summed E-state index contributed by atoms with van der Waals surface area (Å²) in [4.78, 5) is 12.0. The zero-order chi connectivity index (χ0) is 13.7. The Labute approximate surface area is 109 Å². The van der Waals surface area contributed by atoms with Gasteiger partial charge < -0.3 is 11.1 Å². The Hall–Kier alpha value is -1.36. The lowest BCUT2D eigenvalue weighted by atomic mass is 9.96. The predicted octanol–water partition coefficient (Wildman–Crippen LogP) is 2.02. The van der Waals surface area contributed by atoms with Gasteiger partial charge in [0.25, 0.3) is 0 Å². The fraction of sp³-hybridized carbons (Fsp3) is 0.692. The highest BCUT2D eigenvalue weighted by Crippen LogP contribution is 2.15. The molecule has 102 valence electrons. The molecule has 0 spiro atoms. The summed E-state index contributed by atoms with van der Waals surface area (Å²) in [5, 5.41) is 7.06. The molecule has 1 rings (SSSR count). The summed E-state index contributed by atoms with van der Waals surface area (Å²) in [5.74, 6) is 0.310. The van der Waals surface area contributed by atoms with Crippen LogP contribution in [0.15, 0.2) is 12.4 Å². The molecule has 0 fully saturated rings. The van der Waals surface area contributed by atoms with Crippen LogP contribution in [0, 0.1) is 11.8 Å². The van der Waals surface area contributed by atoms with Gasteiger partial charge >= 0.3 is 0 Å². The van der Waals surface area contributed by atoms with Crippen LogP contribution in [0.5, 0.6) is 0 Å². The molecule has 1 aromatic rings. The van der Waals surface area contributed by atoms with E-state index in [2.05, 4.69) is 24.3 Å². The van der Waals surface area contributed by atoms with E-state index in [-0.39, 0.29) is 17.9 Å². The molecule has 18 heavy (non-hydrogen) atoms. The normalized spacial score (nSPS) is 13.1. The molecule has 0 unspecified atom stereocenters. The van der Waals surface area contributed by atoms with Crippen LogP contribution in [0.2, 0.25) is 0 Å². The highest BCUT2D eigenvalue weighted by Gasteiger charge is 2.18. The lowest BCUT2D eigenvalue weighted by Gasteiger charge is -2.16. The summed E-state index contributed by atoms with van der Waals surface area (Å²) in [6, 6.07) is 0.289. The van der Waals surface area contributed by atoms with Gasteiger partial charge in [0, 0.05) is 18.8 Å². The van der Waals surface area contributed by atoms with Gasteiger partial charge in [-0.05, 0) is 26.2 Å². The second-order valence-corrected chi connectivity index (χ2v) is 5.35. The Balaban J connectivity index is 2.61. The average Bonchev–Trinajstić information content (AvgIpc) is 2.74. The lowest BCUT2D eigenvalue weighted by Crippen LogP contribution is -2.30. The summed E-state index contributed by atoms with van der Waals surface area (Å²) in [6.45, 7) is 8.64. The number of carbonyl (C=O) groups is 1. The molecule has 0 aliphatic carbocycles. The lowest BCUT2D eigenvalue weighted by molar-refractivity contribution is -0.120. The minimum Gasteiger partial charge on any atom is -0.330 e. The maximum Gasteiger partial charge on any atom is 0.228 e. The molecule has 0 radical (unpaired) electrons. The molecule has 3 N–H and O–H groups in total. The van der Waals surface area contributed by atoms with Gasteiger partial charge in [0.05, 0.1) is 17.8 Å². The van der Waals surface area contributed by atoms with Crippen LogP contribution in [0.3, 0.4) is 0 Å². The molecule has 5 heteroatoms. The van der Waals surface area contributed by atoms with Crippen LogP contribution in [-0.4, -0.2) is 22.2 Å². The van der Waals surface area contributed by atoms with Gasteiger partial charge in [-0.15, -0.1) is 0 Å². The molecular weight excluding hydrogens is 228 g/mol. The zero-order valence-electron chi connectivity index (χ0n) is 11.7. The van der Waals surface area contributed by atoms with Gasteiger partial charge in [-0.3, -0.25) is 9.48 Å². The smallest absolute Gasteiger partial charge is 0.228 e. The standard InChI is InChI=1S/C13H24N4O/c1-9(2)5-11(6-14)13(18)16-12-7-15-17(8-12)10(3)4/h7-11H,5-6,14H2,1-4H3,(H,16,18)/t11-/m0/s1. The third-order valence-electron chi connectivity index (χ3n) is 2.81. The topological polar surface area (TPSA) is 72.9 Å². The number of nitrogens with two attached hydrogens (primary N) is 1. The number of carbonyl (C=O) groups excluding carboxylic acids is 1. The number of hydrogen-bond acceptors (Lipinski definition) is 3. The van der Waals surface area contributed by atoms with Crippen molar-refractivity contribution >= 4 is 11.6 Å². The van der Waals surface area contributed by atoms with Crippen LogP contribution in [0.25, 0.3) is 0 Å². The van der Waals surface area contributed by atoms with Crippen molar-refractivity contribution in [3.05, 3.63) is 12.4 Å². The molecule has 0 aromatic carbocycles. The molecule has 0 aliphatic heterocycles. The van der Waals surface area contributed by atoms with E-state index in [1.165, 1.54) is 0 Å². The molecule has 1 amide bonds. The van der Waals surface area contributed by atoms with E-state index in [9.17, 15) is 4.79 Å². The number of anilines is 1. The third-order valence-corrected chi connectivity index (χ3v) is 2.81. The van der Waals surface area contributed by atoms with Crippen LogP contribution in [0.4, 0.5) is 5.69 Å². The SMILES string of the molecule is CC(C)C[C@@H](CN)C(=O)Nc1cnn(C(C)C)c1. The van der Waals surface area contributed by atoms with Crippen molar-refractivity contribution < 1.29 is 4.79 Å². The van der Waals surface area contributed by atoms with E-state index in [0.29, 0.717) is 12.5 Å². The van der Waals surface area contributed by atoms with Gasteiger partial charge in [-0.2, -0.15) is 5.10 Å². The van der Waals surface area contributed by atoms with E-state index >= 15 is 0 Å². The molecular formula is C13H24N4O. The maximum atomic E-state index is 12.0. The molecule has 1 atom stereocenters. The number of rotatable bonds is 6. The van der Waals surface area contributed by atoms with Crippen molar-refractivity contribution in [2.24, 2.45) is 17.6 Å². The molecule has 0 saturated carbocycles. The van der Waals surface area contributed by atoms with E-state index in [1.807, 2.05) is 24.7 Å². The summed E-state index contributed by atoms with van der Waals surface area (Å²) in [6.07, 6.45) is 4.31. The number of hydrogen-bond donors (Lipinski definition) is 2. The zero-order valence-corrected chi connectivity index (χ0v) is 11.7. The Morgan fingerprint density at radius 3 is 2.56 bits per heavy atom. The van der Waals surface area contributed by atoms with E-state index in [4.69, 9.17) is 5.73 Å². The summed E-state index contributed by atoms with van der Waals surface area (Å²) in [7, 11) is 0. The second-order valence-electron chi connectivity index (χ2n) is 5.35. The Morgan fingerprint density at radius 2 is 2.11 bits per heavy atom. The molecule has 1 aromatic heterocycles. The van der Waals surface area contributed by atoms with E-state index in [0.717, 1.165) is 12.1 Å². The molecule has 0 saturated heterocycles. The Bertz CT molecular complexity index is 384. The Morgan fingerprint density at radius 1 is 1.44 bits per heavy atom. The van der Waals surface area contributed by atoms with Crippen LogP contribution in [-0.2, 0) is 4.79 Å². The first kappa shape index (κ1) is 14.7. The highest BCUT2D eigenvalue weighted by molar-refractivity contribution is 5.92. The van der Waals surface area contributed by atoms with Gasteiger partial charge in [-0.1, -0.05) is 13.8 Å². The number of nitrogens with zero attached hydrogens (tertiary/aromatic N) is 2. The summed E-state index contributed by atoms with van der Waals surface area (Å²) < 4.78 is 1.81. The van der Waals surface area contributed by atoms with Crippen molar-refractivity contribution in [2.75, 3.05) is 11.9 Å². The van der Waals surface area contributed by atoms with Gasteiger partial charge in [0.2, 0.25) is 5.91 Å². The number of aromatic nitrogens is 2. The number of nitrogens with one attached hydrogen (secondary N) is 1. The van der Waals surface area contributed by atoms with Gasteiger partial charge in [0.1, 0.15) is 0 Å². The largest absolute Gasteiger partial charge is 0.330 e. The van der Waals surface area contributed by atoms with Crippen molar-refractivity contribution in [2.45, 2.75) is 40.2 Å². The van der Waals surface area contributed by atoms with Crippen LogP contribution in [0.1, 0.15) is 40.2 Å². The Kier molecular flexibility index (Phi) is 5.34. The first-order valence-corrected chi connectivity index (χ1v) is 6.49. The van der Waals surface area contributed by atoms with Crippen molar-refractivity contribution in [3.63, 3.8) is 0 Å². The van der Waals surface area contributed by atoms with Crippen molar-refractivity contribution in [1.82, 2.24) is 9.78 Å². The average molecular weight is 252 g/mol. The monoisotopic (exact) mass is 252 g/mol. The minimum atomic E-state index is -0.132. The maximum absolute atomic E-state index is 12.0.